The fourth-order valence-electron chi connectivity index (χ4n) is 5.04. The van der Waals surface area contributed by atoms with Crippen LogP contribution in [0.5, 0.6) is 0 Å². The predicted molar refractivity (Wildman–Crippen MR) is 114 cm³/mol. The molecule has 1 saturated heterocycles. The first kappa shape index (κ1) is 23.0. The topological polar surface area (TPSA) is 3.24 Å². The molecule has 0 aromatic heterocycles. The summed E-state index contributed by atoms with van der Waals surface area (Å²) in [7, 11) is 0. The summed E-state index contributed by atoms with van der Waals surface area (Å²) in [5.74, 6) is 4.04. The monoisotopic (exact) mass is 351 g/mol. The molecule has 0 saturated carbocycles. The van der Waals surface area contributed by atoms with Gasteiger partial charge in [0.1, 0.15) is 0 Å². The molecule has 0 N–H and O–H groups in total. The quantitative estimate of drug-likeness (QED) is 0.487. The molecule has 1 nitrogen and oxygen atoms in total. The van der Waals surface area contributed by atoms with E-state index in [1.165, 1.54) is 25.7 Å². The van der Waals surface area contributed by atoms with Crippen molar-refractivity contribution in [3.63, 3.8) is 0 Å². The van der Waals surface area contributed by atoms with Gasteiger partial charge in [-0.05, 0) is 74.5 Å². The van der Waals surface area contributed by atoms with E-state index in [9.17, 15) is 0 Å². The van der Waals surface area contributed by atoms with E-state index in [0.29, 0.717) is 23.4 Å². The molecule has 4 atom stereocenters. The molecule has 0 bridgehead atoms. The van der Waals surface area contributed by atoms with E-state index in [1.807, 2.05) is 0 Å². The average Bonchev–Trinajstić information content (AvgIpc) is 2.45. The van der Waals surface area contributed by atoms with Crippen LogP contribution in [0.4, 0.5) is 0 Å². The molecule has 0 amide bonds. The molecule has 1 heterocycles. The number of nitrogens with zero attached hydrogens (tertiary/aromatic N) is 1. The van der Waals surface area contributed by atoms with Gasteiger partial charge >= 0.3 is 0 Å². The number of hydrogen-bond acceptors (Lipinski definition) is 1. The van der Waals surface area contributed by atoms with Gasteiger partial charge in [-0.3, -0.25) is 4.90 Å². The second kappa shape index (κ2) is 9.25. The van der Waals surface area contributed by atoms with E-state index < -0.39 is 0 Å². The molecule has 1 aliphatic rings. The maximum absolute atomic E-state index is 2.95. The Morgan fingerprint density at radius 3 is 1.64 bits per heavy atom. The second-order valence-corrected chi connectivity index (χ2v) is 10.8. The van der Waals surface area contributed by atoms with Crippen molar-refractivity contribution in [3.05, 3.63) is 0 Å². The Morgan fingerprint density at radius 1 is 0.800 bits per heavy atom. The van der Waals surface area contributed by atoms with Gasteiger partial charge in [0, 0.05) is 18.1 Å². The van der Waals surface area contributed by atoms with E-state index in [2.05, 4.69) is 81.1 Å². The molecule has 1 heteroatoms. The van der Waals surface area contributed by atoms with Crippen molar-refractivity contribution in [1.82, 2.24) is 4.90 Å². The largest absolute Gasteiger partial charge is 0.294 e. The summed E-state index contributed by atoms with van der Waals surface area (Å²) in [6.45, 7) is 27.0. The van der Waals surface area contributed by atoms with Crippen LogP contribution in [0.2, 0.25) is 0 Å². The fourth-order valence-corrected chi connectivity index (χ4v) is 5.04. The molecular weight excluding hydrogens is 302 g/mol. The minimum Gasteiger partial charge on any atom is -0.294 e. The minimum atomic E-state index is 0.357. The fraction of sp³-hybridized carbons (Fsp3) is 1.00. The summed E-state index contributed by atoms with van der Waals surface area (Å²) in [5.41, 5.74) is 0.357. The third-order valence-corrected chi connectivity index (χ3v) is 7.79. The highest BCUT2D eigenvalue weighted by atomic mass is 15.2. The molecule has 0 radical (unpaired) electrons. The van der Waals surface area contributed by atoms with Crippen LogP contribution in [0.25, 0.3) is 0 Å². The summed E-state index contributed by atoms with van der Waals surface area (Å²) in [6.07, 6.45) is 5.49. The van der Waals surface area contributed by atoms with Crippen LogP contribution in [0, 0.1) is 35.0 Å². The first-order valence-electron chi connectivity index (χ1n) is 11.2. The Bertz CT molecular complexity index is 380. The SMILES string of the molecule is CCC1CC(C(C)C)CC(C(C)C)CC(C(C)(C)C(C)C)N1C(C)C. The third-order valence-electron chi connectivity index (χ3n) is 7.79. The van der Waals surface area contributed by atoms with Crippen LogP contribution in [0.15, 0.2) is 0 Å². The molecule has 0 spiro atoms. The van der Waals surface area contributed by atoms with Gasteiger partial charge in [-0.1, -0.05) is 62.3 Å². The lowest BCUT2D eigenvalue weighted by atomic mass is 9.65. The lowest BCUT2D eigenvalue weighted by molar-refractivity contribution is -0.0429. The smallest absolute Gasteiger partial charge is 0.0157 e. The van der Waals surface area contributed by atoms with Crippen molar-refractivity contribution >= 4 is 0 Å². The van der Waals surface area contributed by atoms with E-state index in [4.69, 9.17) is 0 Å². The van der Waals surface area contributed by atoms with Crippen molar-refractivity contribution in [2.75, 3.05) is 0 Å². The van der Waals surface area contributed by atoms with Crippen molar-refractivity contribution < 1.29 is 0 Å². The van der Waals surface area contributed by atoms with E-state index >= 15 is 0 Å². The normalized spacial score (nSPS) is 30.4. The Morgan fingerprint density at radius 2 is 1.28 bits per heavy atom. The predicted octanol–water partition coefficient (Wildman–Crippen LogP) is 7.25. The number of rotatable bonds is 6. The summed E-state index contributed by atoms with van der Waals surface area (Å²) in [4.78, 5) is 2.95. The van der Waals surface area contributed by atoms with Gasteiger partial charge in [0.25, 0.3) is 0 Å². The first-order chi connectivity index (χ1) is 11.4. The lowest BCUT2D eigenvalue weighted by Crippen LogP contribution is -2.57. The van der Waals surface area contributed by atoms with Gasteiger partial charge in [-0.25, -0.2) is 0 Å². The van der Waals surface area contributed by atoms with E-state index in [-0.39, 0.29) is 0 Å². The van der Waals surface area contributed by atoms with E-state index in [1.54, 1.807) is 0 Å². The summed E-state index contributed by atoms with van der Waals surface area (Å²) in [5, 5.41) is 0. The maximum atomic E-state index is 2.95. The van der Waals surface area contributed by atoms with Crippen molar-refractivity contribution in [2.24, 2.45) is 35.0 Å². The highest BCUT2D eigenvalue weighted by Crippen LogP contribution is 2.45. The zero-order valence-corrected chi connectivity index (χ0v) is 19.4. The third kappa shape index (κ3) is 5.47. The van der Waals surface area contributed by atoms with Gasteiger partial charge in [-0.2, -0.15) is 0 Å². The highest BCUT2D eigenvalue weighted by Gasteiger charge is 2.44. The van der Waals surface area contributed by atoms with Crippen molar-refractivity contribution in [2.45, 2.75) is 120 Å². The molecule has 1 fully saturated rings. The van der Waals surface area contributed by atoms with Crippen LogP contribution in [-0.4, -0.2) is 23.0 Å². The number of hydrogen-bond donors (Lipinski definition) is 0. The van der Waals surface area contributed by atoms with Crippen molar-refractivity contribution in [3.8, 4) is 0 Å². The van der Waals surface area contributed by atoms with Gasteiger partial charge in [0.2, 0.25) is 0 Å². The minimum absolute atomic E-state index is 0.357. The Hall–Kier alpha value is -0.0400. The second-order valence-electron chi connectivity index (χ2n) is 10.8. The Kier molecular flexibility index (Phi) is 8.51. The van der Waals surface area contributed by atoms with Gasteiger partial charge in [-0.15, -0.1) is 0 Å². The molecule has 0 aromatic rings. The summed E-state index contributed by atoms with van der Waals surface area (Å²) in [6, 6.07) is 2.06. The molecule has 1 aliphatic heterocycles. The zero-order chi connectivity index (χ0) is 19.5. The average molecular weight is 352 g/mol. The molecule has 150 valence electrons. The molecular formula is C24H49N. The zero-order valence-electron chi connectivity index (χ0n) is 19.4. The van der Waals surface area contributed by atoms with Crippen LogP contribution in [0.1, 0.15) is 102 Å². The maximum Gasteiger partial charge on any atom is 0.0157 e. The molecule has 0 aliphatic carbocycles. The van der Waals surface area contributed by atoms with E-state index in [0.717, 1.165) is 29.7 Å². The van der Waals surface area contributed by atoms with Crippen LogP contribution in [0.3, 0.4) is 0 Å². The molecule has 1 rings (SSSR count). The van der Waals surface area contributed by atoms with Gasteiger partial charge in [0.05, 0.1) is 0 Å². The van der Waals surface area contributed by atoms with Crippen LogP contribution < -0.4 is 0 Å². The lowest BCUT2D eigenvalue weighted by Gasteiger charge is -2.53. The molecule has 4 unspecified atom stereocenters. The van der Waals surface area contributed by atoms with Crippen molar-refractivity contribution in [1.29, 1.82) is 0 Å². The summed E-state index contributed by atoms with van der Waals surface area (Å²) < 4.78 is 0. The summed E-state index contributed by atoms with van der Waals surface area (Å²) >= 11 is 0. The van der Waals surface area contributed by atoms with Crippen LogP contribution in [-0.2, 0) is 0 Å². The van der Waals surface area contributed by atoms with Gasteiger partial charge in [0.15, 0.2) is 0 Å². The first-order valence-corrected chi connectivity index (χ1v) is 11.2. The standard InChI is InChI=1S/C24H49N/c1-12-22-14-20(16(2)3)13-21(17(4)5)15-23(25(22)19(8)9)24(10,11)18(6)7/h16-23H,12-15H2,1-11H3. The molecule has 25 heavy (non-hydrogen) atoms. The Labute approximate surface area is 160 Å². The molecule has 0 aromatic carbocycles. The highest BCUT2D eigenvalue weighted by molar-refractivity contribution is 4.96. The van der Waals surface area contributed by atoms with Crippen LogP contribution >= 0.6 is 0 Å². The Balaban J connectivity index is 3.35. The van der Waals surface area contributed by atoms with Gasteiger partial charge < -0.3 is 0 Å². The number of likely N-dealkylation sites (tertiary alicyclic amines) is 1.